The second kappa shape index (κ2) is 12.6. The Morgan fingerprint density at radius 2 is 1.05 bits per heavy atom. The van der Waals surface area contributed by atoms with Crippen molar-refractivity contribution in [2.24, 2.45) is 0 Å². The molecule has 7 aromatic carbocycles. The van der Waals surface area contributed by atoms with Gasteiger partial charge in [-0.1, -0.05) is 177 Å². The Bertz CT molecular complexity index is 2750. The van der Waals surface area contributed by atoms with Crippen molar-refractivity contribution >= 4 is 39.0 Å². The second-order valence-corrected chi connectivity index (χ2v) is 17.8. The van der Waals surface area contributed by atoms with Crippen LogP contribution in [0.4, 0.5) is 17.1 Å². The summed E-state index contributed by atoms with van der Waals surface area (Å²) < 4.78 is 6.52. The fourth-order valence-corrected chi connectivity index (χ4v) is 8.90. The Balaban J connectivity index is 1.38. The van der Waals surface area contributed by atoms with Gasteiger partial charge in [-0.2, -0.15) is 0 Å². The van der Waals surface area contributed by atoms with Crippen LogP contribution in [-0.4, -0.2) is 0 Å². The summed E-state index contributed by atoms with van der Waals surface area (Å²) in [5.41, 5.74) is 18.0. The van der Waals surface area contributed by atoms with Crippen LogP contribution in [0, 0.1) is 0 Å². The maximum absolute atomic E-state index is 6.52. The molecule has 0 radical (unpaired) electrons. The van der Waals surface area contributed by atoms with Gasteiger partial charge in [0.1, 0.15) is 11.2 Å². The van der Waals surface area contributed by atoms with Gasteiger partial charge < -0.3 is 9.32 Å². The fourth-order valence-electron chi connectivity index (χ4n) is 8.90. The molecule has 8 aromatic rings. The number of furan rings is 1. The number of hydrogen-bond donors (Lipinski definition) is 0. The van der Waals surface area contributed by atoms with Crippen LogP contribution in [0.15, 0.2) is 156 Å². The molecule has 0 unspecified atom stereocenters. The smallest absolute Gasteiger partial charge is 0.137 e. The van der Waals surface area contributed by atoms with Crippen LogP contribution in [-0.2, 0) is 16.2 Å². The summed E-state index contributed by atoms with van der Waals surface area (Å²) in [5.74, 6) is 0. The maximum Gasteiger partial charge on any atom is 0.137 e. The van der Waals surface area contributed by atoms with Crippen molar-refractivity contribution in [3.8, 4) is 33.4 Å². The molecule has 9 rings (SSSR count). The number of fused-ring (bicyclic) bond motifs is 6. The average Bonchev–Trinajstić information content (AvgIpc) is 3.67. The summed E-state index contributed by atoms with van der Waals surface area (Å²) >= 11 is 0. The van der Waals surface area contributed by atoms with Crippen LogP contribution in [0.2, 0.25) is 0 Å². The van der Waals surface area contributed by atoms with Gasteiger partial charge in [0.15, 0.2) is 0 Å². The molecule has 1 aliphatic rings. The Labute approximate surface area is 326 Å². The number of benzene rings is 7. The summed E-state index contributed by atoms with van der Waals surface area (Å²) in [6.07, 6.45) is 0. The molecule has 0 N–H and O–H groups in total. The first kappa shape index (κ1) is 34.9. The quantitative estimate of drug-likeness (QED) is 0.176. The van der Waals surface area contributed by atoms with Gasteiger partial charge in [0, 0.05) is 21.9 Å². The van der Waals surface area contributed by atoms with E-state index in [1.807, 2.05) is 6.07 Å². The highest BCUT2D eigenvalue weighted by molar-refractivity contribution is 6.14. The van der Waals surface area contributed by atoms with Gasteiger partial charge in [-0.3, -0.25) is 0 Å². The molecule has 55 heavy (non-hydrogen) atoms. The molecule has 0 spiro atoms. The lowest BCUT2D eigenvalue weighted by molar-refractivity contribution is 0.564. The van der Waals surface area contributed by atoms with E-state index >= 15 is 0 Å². The third-order valence-corrected chi connectivity index (χ3v) is 11.8. The van der Waals surface area contributed by atoms with E-state index in [4.69, 9.17) is 4.42 Å². The largest absolute Gasteiger partial charge is 0.456 e. The Morgan fingerprint density at radius 3 is 1.78 bits per heavy atom. The maximum atomic E-state index is 6.52. The molecule has 0 saturated heterocycles. The average molecular weight is 716 g/mol. The Morgan fingerprint density at radius 1 is 0.473 bits per heavy atom. The standard InChI is InChI=1S/C53H49NO/c1-51(2,3)35-32-41(52(4,5)6)50-42(33-35)53(7,8)40-26-18-25-38(48(40)50)37-23-13-16-28-44(37)54(43-27-15-12-22-36(43)34-20-10-9-11-21-34)45-29-19-31-47-49(45)39-24-14-17-30-46(39)55-47/h9-33H,1-8H3. The SMILES string of the molecule is CC(C)(C)c1cc(C(C)(C)C)c2c(c1)C(C)(C)c1cccc(-c3ccccc3N(c3ccccc3-c3ccccc3)c3cccc4oc5ccccc5c34)c1-2. The number of para-hydroxylation sites is 3. The van der Waals surface area contributed by atoms with Crippen LogP contribution in [0.3, 0.4) is 0 Å². The Kier molecular flexibility index (Phi) is 7.99. The zero-order chi connectivity index (χ0) is 38.3. The predicted molar refractivity (Wildman–Crippen MR) is 234 cm³/mol. The van der Waals surface area contributed by atoms with Crippen LogP contribution < -0.4 is 4.90 Å². The topological polar surface area (TPSA) is 16.4 Å². The monoisotopic (exact) mass is 715 g/mol. The zero-order valence-corrected chi connectivity index (χ0v) is 33.3. The van der Waals surface area contributed by atoms with Gasteiger partial charge in [0.25, 0.3) is 0 Å². The lowest BCUT2D eigenvalue weighted by atomic mass is 9.74. The molecular weight excluding hydrogens is 667 g/mol. The van der Waals surface area contributed by atoms with E-state index in [0.29, 0.717) is 0 Å². The summed E-state index contributed by atoms with van der Waals surface area (Å²) in [6, 6.07) is 55.4. The molecule has 1 heterocycles. The minimum Gasteiger partial charge on any atom is -0.456 e. The van der Waals surface area contributed by atoms with Crippen LogP contribution in [0.25, 0.3) is 55.3 Å². The third-order valence-electron chi connectivity index (χ3n) is 11.8. The van der Waals surface area contributed by atoms with Gasteiger partial charge in [-0.05, 0) is 85.7 Å². The summed E-state index contributed by atoms with van der Waals surface area (Å²) in [4.78, 5) is 2.48. The molecule has 0 bridgehead atoms. The van der Waals surface area contributed by atoms with E-state index in [0.717, 1.165) is 44.6 Å². The van der Waals surface area contributed by atoms with Crippen molar-refractivity contribution in [2.45, 2.75) is 71.6 Å². The van der Waals surface area contributed by atoms with Gasteiger partial charge in [0.05, 0.1) is 22.4 Å². The molecule has 1 aliphatic carbocycles. The highest BCUT2D eigenvalue weighted by Crippen LogP contribution is 2.57. The van der Waals surface area contributed by atoms with Crippen molar-refractivity contribution in [2.75, 3.05) is 4.90 Å². The van der Waals surface area contributed by atoms with Crippen molar-refractivity contribution in [3.63, 3.8) is 0 Å². The summed E-state index contributed by atoms with van der Waals surface area (Å²) in [6.45, 7) is 19.0. The van der Waals surface area contributed by atoms with Crippen LogP contribution in [0.5, 0.6) is 0 Å². The lowest BCUT2D eigenvalue weighted by Gasteiger charge is -2.31. The summed E-state index contributed by atoms with van der Waals surface area (Å²) in [7, 11) is 0. The molecular formula is C53H49NO. The minimum atomic E-state index is -0.169. The first-order chi connectivity index (χ1) is 26.3. The van der Waals surface area contributed by atoms with Gasteiger partial charge >= 0.3 is 0 Å². The molecule has 0 aliphatic heterocycles. The predicted octanol–water partition coefficient (Wildman–Crippen LogP) is 15.3. The highest BCUT2D eigenvalue weighted by atomic mass is 16.3. The van der Waals surface area contributed by atoms with Crippen molar-refractivity contribution in [1.82, 2.24) is 0 Å². The van der Waals surface area contributed by atoms with E-state index < -0.39 is 0 Å². The molecule has 0 fully saturated rings. The van der Waals surface area contributed by atoms with Gasteiger partial charge in [-0.25, -0.2) is 0 Å². The number of nitrogens with zero attached hydrogens (tertiary/aromatic N) is 1. The lowest BCUT2D eigenvalue weighted by Crippen LogP contribution is -2.21. The fraction of sp³-hybridized carbons (Fsp3) is 0.208. The molecule has 0 saturated carbocycles. The number of hydrogen-bond acceptors (Lipinski definition) is 2. The molecule has 272 valence electrons. The van der Waals surface area contributed by atoms with Crippen molar-refractivity contribution in [1.29, 1.82) is 0 Å². The number of anilines is 3. The first-order valence-electron chi connectivity index (χ1n) is 19.6. The van der Waals surface area contributed by atoms with E-state index in [1.54, 1.807) is 0 Å². The number of rotatable bonds is 5. The van der Waals surface area contributed by atoms with Crippen molar-refractivity contribution < 1.29 is 4.42 Å². The summed E-state index contributed by atoms with van der Waals surface area (Å²) in [5, 5.41) is 2.21. The normalized spacial score (nSPS) is 13.6. The minimum absolute atomic E-state index is 0.0280. The van der Waals surface area contributed by atoms with Crippen molar-refractivity contribution in [3.05, 3.63) is 174 Å². The van der Waals surface area contributed by atoms with E-state index in [1.165, 1.54) is 50.1 Å². The molecule has 0 amide bonds. The highest BCUT2D eigenvalue weighted by Gasteiger charge is 2.41. The van der Waals surface area contributed by atoms with E-state index in [2.05, 4.69) is 206 Å². The van der Waals surface area contributed by atoms with Crippen LogP contribution >= 0.6 is 0 Å². The molecule has 2 nitrogen and oxygen atoms in total. The first-order valence-corrected chi connectivity index (χ1v) is 19.6. The molecule has 1 aromatic heterocycles. The van der Waals surface area contributed by atoms with E-state index in [9.17, 15) is 0 Å². The molecule has 2 heteroatoms. The second-order valence-electron chi connectivity index (χ2n) is 17.8. The van der Waals surface area contributed by atoms with Gasteiger partial charge in [0.2, 0.25) is 0 Å². The third kappa shape index (κ3) is 5.61. The zero-order valence-electron chi connectivity index (χ0n) is 33.3. The van der Waals surface area contributed by atoms with Crippen LogP contribution in [0.1, 0.15) is 77.6 Å². The van der Waals surface area contributed by atoms with Gasteiger partial charge in [-0.15, -0.1) is 0 Å². The molecule has 0 atom stereocenters. The van der Waals surface area contributed by atoms with E-state index in [-0.39, 0.29) is 16.2 Å². The Hall–Kier alpha value is -5.86.